The van der Waals surface area contributed by atoms with Crippen molar-refractivity contribution in [2.24, 2.45) is 0 Å². The van der Waals surface area contributed by atoms with Crippen LogP contribution in [0.15, 0.2) is 0 Å². The van der Waals surface area contributed by atoms with Crippen molar-refractivity contribution in [3.63, 3.8) is 0 Å². The third-order valence-corrected chi connectivity index (χ3v) is 1.56. The van der Waals surface area contributed by atoms with Crippen molar-refractivity contribution in [2.75, 3.05) is 33.8 Å². The van der Waals surface area contributed by atoms with Crippen LogP contribution in [-0.4, -0.2) is 49.7 Å². The number of likely N-dealkylation sites (N-methyl/N-ethyl adjacent to an activating group) is 1. The zero-order chi connectivity index (χ0) is 8.04. The zero-order valence-electron chi connectivity index (χ0n) is 7.09. The normalized spacial score (nSPS) is 10.5. The average Bonchev–Trinajstić information content (AvgIpc) is 1.84. The molecule has 0 aromatic rings. The number of rotatable bonds is 5. The molecule has 0 unspecified atom stereocenters. The van der Waals surface area contributed by atoms with Gasteiger partial charge in [-0.3, -0.25) is 0 Å². The highest BCUT2D eigenvalue weighted by molar-refractivity contribution is 5.49. The number of halogens is 1. The van der Waals surface area contributed by atoms with Crippen LogP contribution < -0.4 is 17.0 Å². The van der Waals surface area contributed by atoms with Crippen LogP contribution in [0.2, 0.25) is 0 Å². The smallest absolute Gasteiger partial charge is 0.125 e. The summed E-state index contributed by atoms with van der Waals surface area (Å²) in [5.74, 6) is 0. The number of hydrogen-bond acceptors (Lipinski definition) is 2. The summed E-state index contributed by atoms with van der Waals surface area (Å²) in [4.78, 5) is 9.98. The molecule has 0 heterocycles. The van der Waals surface area contributed by atoms with E-state index in [1.165, 1.54) is 0 Å². The molecule has 0 spiro atoms. The zero-order valence-corrected chi connectivity index (χ0v) is 8.67. The average molecular weight is 226 g/mol. The Hall–Kier alpha value is 0.0700. The van der Waals surface area contributed by atoms with Crippen molar-refractivity contribution in [3.8, 4) is 0 Å². The second-order valence-electron chi connectivity index (χ2n) is 3.06. The molecule has 0 radical (unpaired) electrons. The van der Waals surface area contributed by atoms with Gasteiger partial charge in [0.1, 0.15) is 12.8 Å². The summed E-state index contributed by atoms with van der Waals surface area (Å²) < 4.78 is 0.718. The molecule has 3 nitrogen and oxygen atoms in total. The fourth-order valence-electron chi connectivity index (χ4n) is 0.785. The van der Waals surface area contributed by atoms with Crippen LogP contribution in [0.25, 0.3) is 0 Å². The van der Waals surface area contributed by atoms with Gasteiger partial charge in [-0.15, -0.1) is 0 Å². The molecule has 1 N–H and O–H groups in total. The highest BCUT2D eigenvalue weighted by Gasteiger charge is 2.11. The topological polar surface area (TPSA) is 37.3 Å². The number of aliphatic hydroxyl groups excluding tert-OH is 1. The van der Waals surface area contributed by atoms with Crippen molar-refractivity contribution in [2.45, 2.75) is 6.42 Å². The van der Waals surface area contributed by atoms with Crippen molar-refractivity contribution < 1.29 is 31.4 Å². The standard InChI is InChI=1S/C7H16NO2.BrH/c1-8(2,5-7-10)4-3-6-9;/h6,10H,3-5,7H2,1-2H3;1H/q+1;/p-1. The lowest BCUT2D eigenvalue weighted by Gasteiger charge is -2.27. The van der Waals surface area contributed by atoms with Gasteiger partial charge in [0.2, 0.25) is 0 Å². The van der Waals surface area contributed by atoms with Gasteiger partial charge in [0, 0.05) is 0 Å². The van der Waals surface area contributed by atoms with Crippen LogP contribution in [0.4, 0.5) is 0 Å². The molecule has 0 aliphatic carbocycles. The van der Waals surface area contributed by atoms with E-state index in [0.717, 1.165) is 17.3 Å². The minimum Gasteiger partial charge on any atom is -1.00 e. The molecule has 0 amide bonds. The molecule has 0 saturated heterocycles. The lowest BCUT2D eigenvalue weighted by Crippen LogP contribution is -3.00. The van der Waals surface area contributed by atoms with Crippen LogP contribution >= 0.6 is 0 Å². The summed E-state index contributed by atoms with van der Waals surface area (Å²) in [6.45, 7) is 1.71. The largest absolute Gasteiger partial charge is 1.00 e. The van der Waals surface area contributed by atoms with Gasteiger partial charge in [-0.1, -0.05) is 0 Å². The van der Waals surface area contributed by atoms with Crippen molar-refractivity contribution in [3.05, 3.63) is 0 Å². The number of carbonyl (C=O) groups excluding carboxylic acids is 1. The van der Waals surface area contributed by atoms with Gasteiger partial charge in [0.25, 0.3) is 0 Å². The third kappa shape index (κ3) is 7.97. The Morgan fingerprint density at radius 3 is 2.27 bits per heavy atom. The van der Waals surface area contributed by atoms with Gasteiger partial charge in [0.15, 0.2) is 0 Å². The number of quaternary nitrogens is 1. The van der Waals surface area contributed by atoms with E-state index in [2.05, 4.69) is 0 Å². The second-order valence-corrected chi connectivity index (χ2v) is 3.06. The van der Waals surface area contributed by atoms with Crippen molar-refractivity contribution in [1.29, 1.82) is 0 Å². The summed E-state index contributed by atoms with van der Waals surface area (Å²) >= 11 is 0. The highest BCUT2D eigenvalue weighted by atomic mass is 79.9. The fraction of sp³-hybridized carbons (Fsp3) is 0.857. The molecule has 68 valence electrons. The van der Waals surface area contributed by atoms with Crippen molar-refractivity contribution >= 4 is 6.29 Å². The van der Waals surface area contributed by atoms with Crippen LogP contribution in [0.5, 0.6) is 0 Å². The maximum Gasteiger partial charge on any atom is 0.125 e. The predicted molar refractivity (Wildman–Crippen MR) is 39.6 cm³/mol. The molecule has 0 fully saturated rings. The van der Waals surface area contributed by atoms with Crippen LogP contribution in [0.3, 0.4) is 0 Å². The summed E-state index contributed by atoms with van der Waals surface area (Å²) in [6.07, 6.45) is 1.49. The van der Waals surface area contributed by atoms with Crippen LogP contribution in [-0.2, 0) is 4.79 Å². The Bertz CT molecular complexity index is 107. The van der Waals surface area contributed by atoms with E-state index >= 15 is 0 Å². The Balaban J connectivity index is 0. The molecule has 0 aromatic heterocycles. The van der Waals surface area contributed by atoms with Gasteiger partial charge in [-0.25, -0.2) is 0 Å². The predicted octanol–water partition coefficient (Wildman–Crippen LogP) is -3.35. The SMILES string of the molecule is C[N+](C)(CCO)CCC=O.[Br-]. The minimum atomic E-state index is 0. The van der Waals surface area contributed by atoms with E-state index in [-0.39, 0.29) is 23.6 Å². The molecular weight excluding hydrogens is 210 g/mol. The van der Waals surface area contributed by atoms with Crippen LogP contribution in [0, 0.1) is 0 Å². The first-order valence-electron chi connectivity index (χ1n) is 3.49. The van der Waals surface area contributed by atoms with Crippen LogP contribution in [0.1, 0.15) is 6.42 Å². The lowest BCUT2D eigenvalue weighted by atomic mass is 10.3. The number of hydrogen-bond donors (Lipinski definition) is 1. The quantitative estimate of drug-likeness (QED) is 0.393. The van der Waals surface area contributed by atoms with E-state index in [4.69, 9.17) is 5.11 Å². The molecule has 0 rings (SSSR count). The molecule has 4 heteroatoms. The molecule has 0 bridgehead atoms. The Morgan fingerprint density at radius 1 is 1.36 bits per heavy atom. The van der Waals surface area contributed by atoms with Gasteiger partial charge in [-0.05, 0) is 0 Å². The first kappa shape index (κ1) is 13.6. The fourth-order valence-corrected chi connectivity index (χ4v) is 0.785. The minimum absolute atomic E-state index is 0. The van der Waals surface area contributed by atoms with Gasteiger partial charge in [-0.2, -0.15) is 0 Å². The van der Waals surface area contributed by atoms with E-state index < -0.39 is 0 Å². The summed E-state index contributed by atoms with van der Waals surface area (Å²) in [6, 6.07) is 0. The van der Waals surface area contributed by atoms with E-state index in [0.29, 0.717) is 13.0 Å². The molecule has 11 heavy (non-hydrogen) atoms. The van der Waals surface area contributed by atoms with Gasteiger partial charge >= 0.3 is 0 Å². The monoisotopic (exact) mass is 225 g/mol. The number of nitrogens with zero attached hydrogens (tertiary/aromatic N) is 1. The Morgan fingerprint density at radius 2 is 1.91 bits per heavy atom. The summed E-state index contributed by atoms with van der Waals surface area (Å²) in [7, 11) is 4.00. The summed E-state index contributed by atoms with van der Waals surface area (Å²) in [5.41, 5.74) is 0. The number of aliphatic hydroxyl groups is 1. The maximum atomic E-state index is 9.98. The molecule has 0 aromatic carbocycles. The highest BCUT2D eigenvalue weighted by Crippen LogP contribution is 1.95. The molecule has 0 aliphatic rings. The maximum absolute atomic E-state index is 9.98. The molecular formula is C7H16BrNO2. The van der Waals surface area contributed by atoms with Gasteiger partial charge in [0.05, 0.1) is 33.7 Å². The third-order valence-electron chi connectivity index (χ3n) is 1.56. The lowest BCUT2D eigenvalue weighted by molar-refractivity contribution is -0.889. The first-order valence-corrected chi connectivity index (χ1v) is 3.49. The molecule has 0 aliphatic heterocycles. The summed E-state index contributed by atoms with van der Waals surface area (Å²) in [5, 5.41) is 8.60. The molecule has 0 atom stereocenters. The number of aldehydes is 1. The van der Waals surface area contributed by atoms with E-state index in [9.17, 15) is 4.79 Å². The van der Waals surface area contributed by atoms with Gasteiger partial charge < -0.3 is 31.4 Å². The first-order chi connectivity index (χ1) is 4.62. The number of carbonyl (C=O) groups is 1. The second kappa shape index (κ2) is 6.76. The Kier molecular flexibility index (Phi) is 8.39. The molecule has 0 saturated carbocycles. The van der Waals surface area contributed by atoms with E-state index in [1.54, 1.807) is 0 Å². The Labute approximate surface area is 78.4 Å². The van der Waals surface area contributed by atoms with Crippen molar-refractivity contribution in [1.82, 2.24) is 0 Å². The van der Waals surface area contributed by atoms with E-state index in [1.807, 2.05) is 14.1 Å².